The molecule has 1 N–H and O–H groups in total. The molecule has 1 fully saturated rings. The molecule has 4 heterocycles. The second-order valence-electron chi connectivity index (χ2n) is 7.10. The number of anilines is 2. The Bertz CT molecular complexity index is 980. The molecule has 140 valence electrons. The summed E-state index contributed by atoms with van der Waals surface area (Å²) in [5.74, 6) is 2.84. The highest BCUT2D eigenvalue weighted by molar-refractivity contribution is 7.19. The zero-order valence-corrected chi connectivity index (χ0v) is 16.3. The first-order chi connectivity index (χ1) is 13.3. The van der Waals surface area contributed by atoms with Crippen molar-refractivity contribution in [2.75, 3.05) is 36.5 Å². The molecule has 6 nitrogen and oxygen atoms in total. The highest BCUT2D eigenvalue weighted by atomic mass is 32.1. The van der Waals surface area contributed by atoms with Crippen LogP contribution >= 0.6 is 11.3 Å². The quantitative estimate of drug-likeness (QED) is 0.748. The van der Waals surface area contributed by atoms with Crippen LogP contribution in [0.3, 0.4) is 0 Å². The van der Waals surface area contributed by atoms with Gasteiger partial charge in [-0.3, -0.25) is 0 Å². The van der Waals surface area contributed by atoms with Crippen LogP contribution in [0, 0.1) is 6.92 Å². The van der Waals surface area contributed by atoms with Crippen molar-refractivity contribution in [1.82, 2.24) is 15.0 Å². The summed E-state index contributed by atoms with van der Waals surface area (Å²) >= 11 is 1.84. The lowest BCUT2D eigenvalue weighted by molar-refractivity contribution is 0.122. The number of pyridine rings is 1. The van der Waals surface area contributed by atoms with Crippen molar-refractivity contribution < 1.29 is 4.74 Å². The maximum absolute atomic E-state index is 5.48. The molecule has 1 aliphatic carbocycles. The predicted molar refractivity (Wildman–Crippen MR) is 109 cm³/mol. The number of morpholine rings is 1. The number of nitrogens with one attached hydrogen (secondary N) is 1. The molecule has 3 aromatic rings. The van der Waals surface area contributed by atoms with Crippen molar-refractivity contribution in [3.8, 4) is 0 Å². The molecular formula is C20H23N5OS. The molecule has 0 radical (unpaired) electrons. The van der Waals surface area contributed by atoms with Gasteiger partial charge >= 0.3 is 0 Å². The topological polar surface area (TPSA) is 63.2 Å². The third-order valence-corrected chi connectivity index (χ3v) is 6.49. The molecule has 0 bridgehead atoms. The number of aryl methyl sites for hydroxylation is 3. The molecule has 0 aromatic carbocycles. The fourth-order valence-electron chi connectivity index (χ4n) is 4.04. The number of rotatable bonds is 4. The van der Waals surface area contributed by atoms with Gasteiger partial charge in [-0.25, -0.2) is 15.0 Å². The Morgan fingerprint density at radius 3 is 3.00 bits per heavy atom. The van der Waals surface area contributed by atoms with Gasteiger partial charge in [0.15, 0.2) is 0 Å². The van der Waals surface area contributed by atoms with Crippen molar-refractivity contribution >= 4 is 33.2 Å². The van der Waals surface area contributed by atoms with E-state index >= 15 is 0 Å². The lowest BCUT2D eigenvalue weighted by atomic mass is 10.1. The Morgan fingerprint density at radius 1 is 1.22 bits per heavy atom. The largest absolute Gasteiger partial charge is 0.378 e. The normalized spacial score (nSPS) is 16.7. The van der Waals surface area contributed by atoms with Crippen LogP contribution in [-0.2, 0) is 24.1 Å². The van der Waals surface area contributed by atoms with E-state index in [1.807, 2.05) is 30.5 Å². The Balaban J connectivity index is 1.46. The highest BCUT2D eigenvalue weighted by Crippen LogP contribution is 2.39. The van der Waals surface area contributed by atoms with Gasteiger partial charge in [0.05, 0.1) is 18.6 Å². The van der Waals surface area contributed by atoms with E-state index in [2.05, 4.69) is 26.3 Å². The predicted octanol–water partition coefficient (Wildman–Crippen LogP) is 3.33. The number of hydrogen-bond acceptors (Lipinski definition) is 7. The SMILES string of the molecule is Cc1nc(NCc2cccnc2N2CCOCC2)c2c3c(sc2n1)CCC3. The fraction of sp³-hybridized carbons (Fsp3) is 0.450. The summed E-state index contributed by atoms with van der Waals surface area (Å²) in [7, 11) is 0. The Labute approximate surface area is 162 Å². The number of nitrogens with zero attached hydrogens (tertiary/aromatic N) is 4. The van der Waals surface area contributed by atoms with Crippen LogP contribution in [0.1, 0.15) is 28.2 Å². The van der Waals surface area contributed by atoms with E-state index in [0.29, 0.717) is 6.54 Å². The minimum Gasteiger partial charge on any atom is -0.378 e. The van der Waals surface area contributed by atoms with E-state index in [1.165, 1.54) is 34.2 Å². The third-order valence-electron chi connectivity index (χ3n) is 5.30. The highest BCUT2D eigenvalue weighted by Gasteiger charge is 2.22. The second kappa shape index (κ2) is 7.05. The van der Waals surface area contributed by atoms with Gasteiger partial charge in [-0.1, -0.05) is 6.07 Å². The van der Waals surface area contributed by atoms with Gasteiger partial charge in [0, 0.05) is 36.3 Å². The van der Waals surface area contributed by atoms with E-state index < -0.39 is 0 Å². The average Bonchev–Trinajstić information content (AvgIpc) is 3.27. The van der Waals surface area contributed by atoms with Crippen LogP contribution in [0.4, 0.5) is 11.6 Å². The van der Waals surface area contributed by atoms with Crippen molar-refractivity contribution in [2.24, 2.45) is 0 Å². The molecular weight excluding hydrogens is 358 g/mol. The Morgan fingerprint density at radius 2 is 2.11 bits per heavy atom. The minimum atomic E-state index is 0.705. The van der Waals surface area contributed by atoms with Crippen LogP contribution in [0.15, 0.2) is 18.3 Å². The number of thiophene rings is 1. The molecule has 7 heteroatoms. The maximum Gasteiger partial charge on any atom is 0.139 e. The summed E-state index contributed by atoms with van der Waals surface area (Å²) in [5, 5.41) is 4.83. The monoisotopic (exact) mass is 381 g/mol. The fourth-order valence-corrected chi connectivity index (χ4v) is 5.34. The Hall–Kier alpha value is -2.25. The first kappa shape index (κ1) is 16.9. The zero-order chi connectivity index (χ0) is 18.2. The number of hydrogen-bond donors (Lipinski definition) is 1. The van der Waals surface area contributed by atoms with E-state index in [-0.39, 0.29) is 0 Å². The lowest BCUT2D eigenvalue weighted by Crippen LogP contribution is -2.37. The summed E-state index contributed by atoms with van der Waals surface area (Å²) < 4.78 is 5.48. The van der Waals surface area contributed by atoms with Gasteiger partial charge in [0.1, 0.15) is 22.3 Å². The smallest absolute Gasteiger partial charge is 0.139 e. The molecule has 3 aromatic heterocycles. The van der Waals surface area contributed by atoms with E-state index in [4.69, 9.17) is 9.72 Å². The van der Waals surface area contributed by atoms with Crippen LogP contribution in [0.5, 0.6) is 0 Å². The Kier molecular flexibility index (Phi) is 4.41. The molecule has 1 aliphatic heterocycles. The zero-order valence-electron chi connectivity index (χ0n) is 15.5. The second-order valence-corrected chi connectivity index (χ2v) is 8.18. The van der Waals surface area contributed by atoms with E-state index in [9.17, 15) is 0 Å². The number of aromatic nitrogens is 3. The van der Waals surface area contributed by atoms with Gasteiger partial charge in [-0.15, -0.1) is 11.3 Å². The molecule has 0 saturated carbocycles. The minimum absolute atomic E-state index is 0.705. The van der Waals surface area contributed by atoms with Gasteiger partial charge in [0.2, 0.25) is 0 Å². The van der Waals surface area contributed by atoms with Crippen molar-refractivity contribution in [2.45, 2.75) is 32.7 Å². The summed E-state index contributed by atoms with van der Waals surface area (Å²) in [6, 6.07) is 4.15. The summed E-state index contributed by atoms with van der Waals surface area (Å²) in [4.78, 5) is 19.0. The standard InChI is InChI=1S/C20H23N5OS/c1-13-23-18(17-15-5-2-6-16(15)27-20(17)24-13)22-12-14-4-3-7-21-19(14)25-8-10-26-11-9-25/h3-4,7H,2,5-6,8-12H2,1H3,(H,22,23,24). The summed E-state index contributed by atoms with van der Waals surface area (Å²) in [5.41, 5.74) is 2.65. The first-order valence-corrected chi connectivity index (χ1v) is 10.4. The first-order valence-electron chi connectivity index (χ1n) is 9.59. The molecule has 1 saturated heterocycles. The van der Waals surface area contributed by atoms with Gasteiger partial charge in [-0.2, -0.15) is 0 Å². The molecule has 0 unspecified atom stereocenters. The molecule has 5 rings (SSSR count). The summed E-state index contributed by atoms with van der Waals surface area (Å²) in [6.07, 6.45) is 5.43. The van der Waals surface area contributed by atoms with Crippen LogP contribution < -0.4 is 10.2 Å². The van der Waals surface area contributed by atoms with Gasteiger partial charge in [-0.05, 0) is 37.8 Å². The molecule has 2 aliphatic rings. The number of ether oxygens (including phenoxy) is 1. The average molecular weight is 382 g/mol. The maximum atomic E-state index is 5.48. The van der Waals surface area contributed by atoms with Crippen LogP contribution in [0.25, 0.3) is 10.2 Å². The van der Waals surface area contributed by atoms with Crippen LogP contribution in [0.2, 0.25) is 0 Å². The molecule has 0 atom stereocenters. The van der Waals surface area contributed by atoms with Gasteiger partial charge in [0.25, 0.3) is 0 Å². The molecule has 27 heavy (non-hydrogen) atoms. The van der Waals surface area contributed by atoms with E-state index in [1.54, 1.807) is 0 Å². The number of fused-ring (bicyclic) bond motifs is 3. The van der Waals surface area contributed by atoms with E-state index in [0.717, 1.165) is 55.0 Å². The summed E-state index contributed by atoms with van der Waals surface area (Å²) in [6.45, 7) is 5.97. The molecule has 0 spiro atoms. The molecule has 0 amide bonds. The lowest BCUT2D eigenvalue weighted by Gasteiger charge is -2.29. The third kappa shape index (κ3) is 3.15. The van der Waals surface area contributed by atoms with Crippen molar-refractivity contribution in [3.05, 3.63) is 40.2 Å². The van der Waals surface area contributed by atoms with Gasteiger partial charge < -0.3 is 15.0 Å². The van der Waals surface area contributed by atoms with Crippen molar-refractivity contribution in [1.29, 1.82) is 0 Å². The van der Waals surface area contributed by atoms with Crippen LogP contribution in [-0.4, -0.2) is 41.3 Å². The van der Waals surface area contributed by atoms with Crippen molar-refractivity contribution in [3.63, 3.8) is 0 Å².